The summed E-state index contributed by atoms with van der Waals surface area (Å²) in [5.41, 5.74) is 1.83. The molecule has 2 aromatic heterocycles. The van der Waals surface area contributed by atoms with Gasteiger partial charge in [0.15, 0.2) is 6.61 Å². The van der Waals surface area contributed by atoms with Crippen molar-refractivity contribution >= 4 is 46.3 Å². The minimum atomic E-state index is -0.557. The highest BCUT2D eigenvalue weighted by atomic mass is 32.1. The molecule has 0 spiro atoms. The molecule has 128 valence electrons. The predicted octanol–water partition coefficient (Wildman–Crippen LogP) is 1.10. The molecular weight excluding hydrogens is 344 g/mol. The first-order valence-corrected chi connectivity index (χ1v) is 8.01. The maximum atomic E-state index is 12.0. The first kappa shape index (κ1) is 16.7. The SMILES string of the molecule is CN(CC(=O)OCC(=O)Nc1cccc2nsnc12)c1ncccn1. The minimum Gasteiger partial charge on any atom is -0.454 e. The summed E-state index contributed by atoms with van der Waals surface area (Å²) in [6.45, 7) is -0.459. The summed E-state index contributed by atoms with van der Waals surface area (Å²) < 4.78 is 13.2. The molecule has 25 heavy (non-hydrogen) atoms. The Morgan fingerprint density at radius 3 is 2.80 bits per heavy atom. The molecule has 1 aromatic carbocycles. The average Bonchev–Trinajstić information content (AvgIpc) is 3.10. The summed E-state index contributed by atoms with van der Waals surface area (Å²) in [6, 6.07) is 6.96. The number of carbonyl (C=O) groups excluding carboxylic acids is 2. The van der Waals surface area contributed by atoms with Crippen molar-refractivity contribution in [3.63, 3.8) is 0 Å². The molecule has 3 aromatic rings. The lowest BCUT2D eigenvalue weighted by atomic mass is 10.2. The van der Waals surface area contributed by atoms with Gasteiger partial charge in [-0.25, -0.2) is 9.97 Å². The quantitative estimate of drug-likeness (QED) is 0.652. The van der Waals surface area contributed by atoms with Gasteiger partial charge >= 0.3 is 5.97 Å². The van der Waals surface area contributed by atoms with Crippen LogP contribution in [0.3, 0.4) is 0 Å². The van der Waals surface area contributed by atoms with Crippen LogP contribution in [0.5, 0.6) is 0 Å². The van der Waals surface area contributed by atoms with Gasteiger partial charge in [0.05, 0.1) is 17.4 Å². The van der Waals surface area contributed by atoms with Crippen LogP contribution in [0, 0.1) is 0 Å². The Morgan fingerprint density at radius 2 is 2.00 bits per heavy atom. The Labute approximate surface area is 147 Å². The number of nitrogens with zero attached hydrogens (tertiary/aromatic N) is 5. The molecule has 9 nitrogen and oxygen atoms in total. The molecule has 1 N–H and O–H groups in total. The second-order valence-corrected chi connectivity index (χ2v) is 5.58. The lowest BCUT2D eigenvalue weighted by Gasteiger charge is -2.15. The zero-order valence-corrected chi connectivity index (χ0v) is 14.1. The third kappa shape index (κ3) is 4.23. The number of hydrogen-bond donors (Lipinski definition) is 1. The van der Waals surface area contributed by atoms with Crippen molar-refractivity contribution in [2.75, 3.05) is 30.4 Å². The molecule has 10 heteroatoms. The molecule has 0 atom stereocenters. The van der Waals surface area contributed by atoms with Crippen molar-refractivity contribution in [1.29, 1.82) is 0 Å². The van der Waals surface area contributed by atoms with Crippen molar-refractivity contribution in [1.82, 2.24) is 18.7 Å². The fourth-order valence-corrected chi connectivity index (χ4v) is 2.59. The Morgan fingerprint density at radius 1 is 1.20 bits per heavy atom. The summed E-state index contributed by atoms with van der Waals surface area (Å²) in [5, 5.41) is 2.66. The lowest BCUT2D eigenvalue weighted by molar-refractivity contribution is -0.145. The van der Waals surface area contributed by atoms with Crippen LogP contribution in [0.4, 0.5) is 11.6 Å². The first-order valence-electron chi connectivity index (χ1n) is 7.28. The molecule has 0 aliphatic carbocycles. The lowest BCUT2D eigenvalue weighted by Crippen LogP contribution is -2.30. The summed E-state index contributed by atoms with van der Waals surface area (Å²) in [6.07, 6.45) is 3.15. The summed E-state index contributed by atoms with van der Waals surface area (Å²) in [7, 11) is 1.66. The highest BCUT2D eigenvalue weighted by Crippen LogP contribution is 2.20. The molecule has 0 saturated carbocycles. The predicted molar refractivity (Wildman–Crippen MR) is 92.3 cm³/mol. The number of carbonyl (C=O) groups is 2. The number of aromatic nitrogens is 4. The number of amides is 1. The minimum absolute atomic E-state index is 0.0666. The summed E-state index contributed by atoms with van der Waals surface area (Å²) in [5.74, 6) is -0.613. The van der Waals surface area contributed by atoms with Crippen molar-refractivity contribution in [2.24, 2.45) is 0 Å². The fraction of sp³-hybridized carbons (Fsp3) is 0.200. The third-order valence-electron chi connectivity index (χ3n) is 3.18. The van der Waals surface area contributed by atoms with E-state index in [1.807, 2.05) is 0 Å². The van der Waals surface area contributed by atoms with Crippen LogP contribution in [0.15, 0.2) is 36.7 Å². The average molecular weight is 358 g/mol. The van der Waals surface area contributed by atoms with Crippen LogP contribution in [-0.4, -0.2) is 50.8 Å². The third-order valence-corrected chi connectivity index (χ3v) is 3.73. The van der Waals surface area contributed by atoms with Crippen LogP contribution in [0.25, 0.3) is 11.0 Å². The van der Waals surface area contributed by atoms with Gasteiger partial charge < -0.3 is 15.0 Å². The molecule has 0 saturated heterocycles. The van der Waals surface area contributed by atoms with Crippen LogP contribution in [-0.2, 0) is 14.3 Å². The smallest absolute Gasteiger partial charge is 0.326 e. The van der Waals surface area contributed by atoms with Gasteiger partial charge in [-0.05, 0) is 18.2 Å². The zero-order chi connectivity index (χ0) is 17.6. The number of benzene rings is 1. The standard InChI is InChI=1S/C15H14N6O3S/c1-21(15-16-6-3-7-17-15)8-13(23)24-9-12(22)18-10-4-2-5-11-14(10)20-25-19-11/h2-7H,8-9H2,1H3,(H,18,22). The van der Waals surface area contributed by atoms with Crippen LogP contribution in [0.2, 0.25) is 0 Å². The number of rotatable bonds is 6. The van der Waals surface area contributed by atoms with Gasteiger partial charge in [0, 0.05) is 19.4 Å². The molecule has 0 fully saturated rings. The van der Waals surface area contributed by atoms with E-state index in [-0.39, 0.29) is 6.54 Å². The fourth-order valence-electron chi connectivity index (χ4n) is 2.04. The Balaban J connectivity index is 1.50. The van der Waals surface area contributed by atoms with Gasteiger partial charge in [0.2, 0.25) is 5.95 Å². The van der Waals surface area contributed by atoms with Crippen molar-refractivity contribution < 1.29 is 14.3 Å². The van der Waals surface area contributed by atoms with E-state index < -0.39 is 18.5 Å². The van der Waals surface area contributed by atoms with Crippen molar-refractivity contribution in [3.05, 3.63) is 36.7 Å². The highest BCUT2D eigenvalue weighted by molar-refractivity contribution is 7.00. The first-order chi connectivity index (χ1) is 12.1. The number of nitrogens with one attached hydrogen (secondary N) is 1. The molecule has 3 rings (SSSR count). The van der Waals surface area contributed by atoms with Gasteiger partial charge in [-0.3, -0.25) is 9.59 Å². The Bertz CT molecular complexity index is 885. The van der Waals surface area contributed by atoms with E-state index in [1.54, 1.807) is 43.7 Å². The Kier molecular flexibility index (Phi) is 5.09. The molecule has 0 radical (unpaired) electrons. The second-order valence-electron chi connectivity index (χ2n) is 5.05. The van der Waals surface area contributed by atoms with Gasteiger partial charge in [-0.1, -0.05) is 6.07 Å². The molecule has 0 bridgehead atoms. The molecule has 0 aliphatic rings. The van der Waals surface area contributed by atoms with E-state index in [9.17, 15) is 9.59 Å². The number of ether oxygens (including phenoxy) is 1. The largest absolute Gasteiger partial charge is 0.454 e. The molecule has 1 amide bonds. The summed E-state index contributed by atoms with van der Waals surface area (Å²) in [4.78, 5) is 33.4. The van der Waals surface area contributed by atoms with E-state index in [0.29, 0.717) is 22.7 Å². The normalized spacial score (nSPS) is 10.4. The summed E-state index contributed by atoms with van der Waals surface area (Å²) >= 11 is 1.06. The van der Waals surface area contributed by atoms with Gasteiger partial charge in [0.1, 0.15) is 17.6 Å². The molecule has 0 aliphatic heterocycles. The van der Waals surface area contributed by atoms with Crippen LogP contribution < -0.4 is 10.2 Å². The maximum Gasteiger partial charge on any atom is 0.326 e. The zero-order valence-electron chi connectivity index (χ0n) is 13.2. The van der Waals surface area contributed by atoms with E-state index in [4.69, 9.17) is 4.74 Å². The van der Waals surface area contributed by atoms with Gasteiger partial charge in [0.25, 0.3) is 5.91 Å². The molecular formula is C15H14N6O3S. The Hall–Kier alpha value is -3.14. The number of likely N-dealkylation sites (N-methyl/N-ethyl adjacent to an activating group) is 1. The van der Waals surface area contributed by atoms with Crippen molar-refractivity contribution in [3.8, 4) is 0 Å². The van der Waals surface area contributed by atoms with Crippen molar-refractivity contribution in [2.45, 2.75) is 0 Å². The number of fused-ring (bicyclic) bond motifs is 1. The number of esters is 1. The molecule has 0 unspecified atom stereocenters. The van der Waals surface area contributed by atoms with Crippen LogP contribution >= 0.6 is 11.7 Å². The number of hydrogen-bond acceptors (Lipinski definition) is 9. The maximum absolute atomic E-state index is 12.0. The monoisotopic (exact) mass is 358 g/mol. The van der Waals surface area contributed by atoms with E-state index in [2.05, 4.69) is 24.0 Å². The van der Waals surface area contributed by atoms with E-state index >= 15 is 0 Å². The van der Waals surface area contributed by atoms with Crippen LogP contribution in [0.1, 0.15) is 0 Å². The highest BCUT2D eigenvalue weighted by Gasteiger charge is 2.13. The van der Waals surface area contributed by atoms with Gasteiger partial charge in [-0.15, -0.1) is 0 Å². The number of anilines is 2. The van der Waals surface area contributed by atoms with Gasteiger partial charge in [-0.2, -0.15) is 8.75 Å². The topological polar surface area (TPSA) is 110 Å². The molecule has 2 heterocycles. The van der Waals surface area contributed by atoms with E-state index in [0.717, 1.165) is 11.7 Å². The van der Waals surface area contributed by atoms with E-state index in [1.165, 1.54) is 4.90 Å². The second kappa shape index (κ2) is 7.62.